The van der Waals surface area contributed by atoms with E-state index in [0.717, 1.165) is 32.2 Å². The number of quaternary nitrogens is 1. The SMILES string of the molecule is CCCCCCCCCCCCC(CCC[N+](C)(C)CC(=O)O)NO. The largest absolute Gasteiger partial charge is 0.477 e. The number of hydrogen-bond acceptors (Lipinski definition) is 3. The van der Waals surface area contributed by atoms with Crippen LogP contribution in [-0.4, -0.2) is 54.0 Å². The van der Waals surface area contributed by atoms with Gasteiger partial charge in [-0.25, -0.2) is 10.3 Å². The molecular formula is C20H43N2O3+. The minimum atomic E-state index is -0.757. The van der Waals surface area contributed by atoms with Gasteiger partial charge in [0.2, 0.25) is 0 Å². The smallest absolute Gasteiger partial charge is 0.359 e. The Balaban J connectivity index is 3.58. The fourth-order valence-electron chi connectivity index (χ4n) is 3.36. The number of carboxylic acid groups (broad SMARTS) is 1. The van der Waals surface area contributed by atoms with E-state index >= 15 is 0 Å². The van der Waals surface area contributed by atoms with Gasteiger partial charge in [-0.15, -0.1) is 0 Å². The molecule has 0 heterocycles. The van der Waals surface area contributed by atoms with Crippen LogP contribution in [-0.2, 0) is 4.79 Å². The van der Waals surface area contributed by atoms with Gasteiger partial charge in [0.05, 0.1) is 20.6 Å². The van der Waals surface area contributed by atoms with Gasteiger partial charge in [-0.2, -0.15) is 0 Å². The first-order valence-corrected chi connectivity index (χ1v) is 10.3. The zero-order valence-corrected chi connectivity index (χ0v) is 16.9. The summed E-state index contributed by atoms with van der Waals surface area (Å²) in [5.74, 6) is -0.757. The molecule has 0 amide bonds. The van der Waals surface area contributed by atoms with Crippen LogP contribution >= 0.6 is 0 Å². The van der Waals surface area contributed by atoms with Crippen molar-refractivity contribution in [2.75, 3.05) is 27.2 Å². The first-order chi connectivity index (χ1) is 11.9. The molecule has 0 aromatic heterocycles. The Morgan fingerprint density at radius 2 is 1.36 bits per heavy atom. The number of nitrogens with zero attached hydrogens (tertiary/aromatic N) is 1. The van der Waals surface area contributed by atoms with Crippen LogP contribution in [0.1, 0.15) is 90.4 Å². The number of nitrogens with one attached hydrogen (secondary N) is 1. The number of hydroxylamine groups is 1. The quantitative estimate of drug-likeness (QED) is 0.190. The van der Waals surface area contributed by atoms with Crippen LogP contribution in [0.4, 0.5) is 0 Å². The monoisotopic (exact) mass is 359 g/mol. The second-order valence-corrected chi connectivity index (χ2v) is 8.15. The van der Waals surface area contributed by atoms with Crippen molar-refractivity contribution >= 4 is 5.97 Å². The summed E-state index contributed by atoms with van der Waals surface area (Å²) in [4.78, 5) is 10.8. The molecule has 1 unspecified atom stereocenters. The second kappa shape index (κ2) is 15.6. The topological polar surface area (TPSA) is 69.6 Å². The van der Waals surface area contributed by atoms with Gasteiger partial charge < -0.3 is 14.8 Å². The minimum absolute atomic E-state index is 0.138. The van der Waals surface area contributed by atoms with Gasteiger partial charge >= 0.3 is 5.97 Å². The number of hydrogen-bond donors (Lipinski definition) is 3. The zero-order valence-electron chi connectivity index (χ0n) is 16.9. The number of aliphatic carboxylic acids is 1. The molecule has 0 fully saturated rings. The molecule has 0 aromatic carbocycles. The lowest BCUT2D eigenvalue weighted by atomic mass is 10.0. The van der Waals surface area contributed by atoms with Crippen molar-refractivity contribution in [3.63, 3.8) is 0 Å². The van der Waals surface area contributed by atoms with Gasteiger partial charge in [-0.05, 0) is 19.3 Å². The molecule has 0 aliphatic carbocycles. The zero-order chi connectivity index (χ0) is 19.0. The molecule has 0 radical (unpaired) electrons. The summed E-state index contributed by atoms with van der Waals surface area (Å²) in [6.45, 7) is 3.22. The first-order valence-electron chi connectivity index (χ1n) is 10.3. The number of unbranched alkanes of at least 4 members (excludes halogenated alkanes) is 9. The van der Waals surface area contributed by atoms with Gasteiger partial charge in [-0.1, -0.05) is 71.1 Å². The van der Waals surface area contributed by atoms with Crippen LogP contribution in [0.2, 0.25) is 0 Å². The Morgan fingerprint density at radius 3 is 1.84 bits per heavy atom. The summed E-state index contributed by atoms with van der Waals surface area (Å²) < 4.78 is 0.492. The third-order valence-corrected chi connectivity index (χ3v) is 4.97. The lowest BCUT2D eigenvalue weighted by Crippen LogP contribution is -2.44. The molecule has 0 saturated carbocycles. The Bertz CT molecular complexity index is 322. The molecule has 0 aliphatic rings. The predicted octanol–water partition coefficient (Wildman–Crippen LogP) is 4.59. The molecule has 0 saturated heterocycles. The van der Waals surface area contributed by atoms with Crippen LogP contribution < -0.4 is 5.48 Å². The maximum absolute atomic E-state index is 10.8. The average molecular weight is 360 g/mol. The van der Waals surface area contributed by atoms with Crippen LogP contribution in [0.25, 0.3) is 0 Å². The Labute approximate surface area is 155 Å². The van der Waals surface area contributed by atoms with E-state index in [2.05, 4.69) is 12.4 Å². The molecule has 5 nitrogen and oxygen atoms in total. The number of carboxylic acids is 1. The maximum Gasteiger partial charge on any atom is 0.359 e. The third kappa shape index (κ3) is 16.6. The van der Waals surface area contributed by atoms with Crippen molar-refractivity contribution in [3.8, 4) is 0 Å². The minimum Gasteiger partial charge on any atom is -0.477 e. The van der Waals surface area contributed by atoms with Gasteiger partial charge in [0, 0.05) is 6.04 Å². The second-order valence-electron chi connectivity index (χ2n) is 8.15. The van der Waals surface area contributed by atoms with E-state index in [9.17, 15) is 10.0 Å². The van der Waals surface area contributed by atoms with Crippen LogP contribution in [0.3, 0.4) is 0 Å². The highest BCUT2D eigenvalue weighted by Crippen LogP contribution is 2.14. The highest BCUT2D eigenvalue weighted by atomic mass is 16.5. The first kappa shape index (κ1) is 24.4. The molecule has 0 aromatic rings. The molecular weight excluding hydrogens is 316 g/mol. The lowest BCUT2D eigenvalue weighted by molar-refractivity contribution is -0.883. The molecule has 0 bridgehead atoms. The van der Waals surface area contributed by atoms with E-state index in [1.165, 1.54) is 57.8 Å². The summed E-state index contributed by atoms with van der Waals surface area (Å²) >= 11 is 0. The number of rotatable bonds is 18. The molecule has 0 aliphatic heterocycles. The average Bonchev–Trinajstić information content (AvgIpc) is 2.53. The van der Waals surface area contributed by atoms with E-state index in [0.29, 0.717) is 4.48 Å². The number of carbonyl (C=O) groups is 1. The summed E-state index contributed by atoms with van der Waals surface area (Å²) in [6, 6.07) is 0.138. The molecule has 150 valence electrons. The Morgan fingerprint density at radius 1 is 0.880 bits per heavy atom. The van der Waals surface area contributed by atoms with Gasteiger partial charge in [-0.3, -0.25) is 0 Å². The molecule has 3 N–H and O–H groups in total. The van der Waals surface area contributed by atoms with Crippen molar-refractivity contribution in [1.82, 2.24) is 5.48 Å². The summed E-state index contributed by atoms with van der Waals surface area (Å²) in [6.07, 6.45) is 16.1. The number of likely N-dealkylation sites (N-methyl/N-ethyl adjacent to an activating group) is 1. The van der Waals surface area contributed by atoms with Crippen molar-refractivity contribution in [2.45, 2.75) is 96.4 Å². The summed E-state index contributed by atoms with van der Waals surface area (Å²) in [5, 5.41) is 18.2. The fraction of sp³-hybridized carbons (Fsp3) is 0.950. The van der Waals surface area contributed by atoms with Crippen molar-refractivity contribution in [2.24, 2.45) is 0 Å². The van der Waals surface area contributed by atoms with E-state index in [1.54, 1.807) is 0 Å². The molecule has 1 atom stereocenters. The lowest BCUT2D eigenvalue weighted by Gasteiger charge is -2.28. The van der Waals surface area contributed by atoms with Gasteiger partial charge in [0.15, 0.2) is 6.54 Å². The molecule has 5 heteroatoms. The normalized spacial score (nSPS) is 13.1. The highest BCUT2D eigenvalue weighted by Gasteiger charge is 2.19. The van der Waals surface area contributed by atoms with Crippen LogP contribution in [0.5, 0.6) is 0 Å². The highest BCUT2D eigenvalue weighted by molar-refractivity contribution is 5.67. The Kier molecular flexibility index (Phi) is 15.2. The third-order valence-electron chi connectivity index (χ3n) is 4.97. The standard InChI is InChI=1S/C20H42N2O3/c1-4-5-6-7-8-9-10-11-12-13-15-19(21-25)16-14-17-22(2,3)18-20(23)24/h19,21,25H,4-18H2,1-3H3/p+1. The van der Waals surface area contributed by atoms with E-state index in [-0.39, 0.29) is 12.6 Å². The van der Waals surface area contributed by atoms with Crippen molar-refractivity contribution < 1.29 is 19.6 Å². The predicted molar refractivity (Wildman–Crippen MR) is 104 cm³/mol. The Hall–Kier alpha value is -0.650. The van der Waals surface area contributed by atoms with Crippen molar-refractivity contribution in [3.05, 3.63) is 0 Å². The van der Waals surface area contributed by atoms with Gasteiger partial charge in [0.1, 0.15) is 0 Å². The molecule has 25 heavy (non-hydrogen) atoms. The van der Waals surface area contributed by atoms with E-state index < -0.39 is 5.97 Å². The van der Waals surface area contributed by atoms with Crippen LogP contribution in [0, 0.1) is 0 Å². The van der Waals surface area contributed by atoms with Crippen molar-refractivity contribution in [1.29, 1.82) is 0 Å². The van der Waals surface area contributed by atoms with E-state index in [4.69, 9.17) is 5.11 Å². The fourth-order valence-corrected chi connectivity index (χ4v) is 3.36. The van der Waals surface area contributed by atoms with E-state index in [1.807, 2.05) is 14.1 Å². The summed E-state index contributed by atoms with van der Waals surface area (Å²) in [7, 11) is 3.88. The molecule has 0 rings (SSSR count). The molecule has 0 spiro atoms. The van der Waals surface area contributed by atoms with Gasteiger partial charge in [0.25, 0.3) is 0 Å². The maximum atomic E-state index is 10.8. The summed E-state index contributed by atoms with van der Waals surface area (Å²) in [5.41, 5.74) is 2.44. The van der Waals surface area contributed by atoms with Crippen LogP contribution in [0.15, 0.2) is 0 Å².